The third kappa shape index (κ3) is 3.17. The van der Waals surface area contributed by atoms with Gasteiger partial charge in [0, 0.05) is 54.2 Å². The normalized spacial score (nSPS) is 14.9. The van der Waals surface area contributed by atoms with Crippen molar-refractivity contribution in [2.45, 2.75) is 20.8 Å². The number of carbonyl (C=O) groups is 1. The summed E-state index contributed by atoms with van der Waals surface area (Å²) in [7, 11) is 0. The molecule has 5 heteroatoms. The number of furan rings is 1. The summed E-state index contributed by atoms with van der Waals surface area (Å²) in [6.45, 7) is 9.07. The minimum Gasteiger partial charge on any atom is -0.461 e. The van der Waals surface area contributed by atoms with Gasteiger partial charge in [-0.25, -0.2) is 0 Å². The van der Waals surface area contributed by atoms with E-state index in [9.17, 15) is 4.79 Å². The van der Waals surface area contributed by atoms with Gasteiger partial charge < -0.3 is 14.2 Å². The predicted molar refractivity (Wildman–Crippen MR) is 103 cm³/mol. The molecule has 0 saturated carbocycles. The van der Waals surface area contributed by atoms with Gasteiger partial charge in [0.1, 0.15) is 11.3 Å². The fraction of sp³-hybridized carbons (Fsp3) is 0.333. The molecular weight excluding hydrogens is 326 g/mol. The number of anilines is 1. The van der Waals surface area contributed by atoms with Crippen molar-refractivity contribution in [1.82, 2.24) is 9.88 Å². The minimum atomic E-state index is 0.0903. The monoisotopic (exact) mass is 349 g/mol. The van der Waals surface area contributed by atoms with Gasteiger partial charge in [0.15, 0.2) is 0 Å². The Morgan fingerprint density at radius 3 is 2.35 bits per heavy atom. The third-order valence-electron chi connectivity index (χ3n) is 4.88. The summed E-state index contributed by atoms with van der Waals surface area (Å²) in [6, 6.07) is 11.9. The van der Waals surface area contributed by atoms with Gasteiger partial charge in [-0.2, -0.15) is 0 Å². The van der Waals surface area contributed by atoms with Crippen LogP contribution in [0.25, 0.3) is 11.0 Å². The highest BCUT2D eigenvalue weighted by molar-refractivity contribution is 5.98. The zero-order valence-electron chi connectivity index (χ0n) is 15.5. The van der Waals surface area contributed by atoms with Crippen LogP contribution in [-0.2, 0) is 0 Å². The highest BCUT2D eigenvalue weighted by atomic mass is 16.3. The van der Waals surface area contributed by atoms with Crippen molar-refractivity contribution in [1.29, 1.82) is 0 Å². The largest absolute Gasteiger partial charge is 0.461 e. The van der Waals surface area contributed by atoms with Gasteiger partial charge in [-0.05, 0) is 57.2 Å². The van der Waals surface area contributed by atoms with E-state index in [0.717, 1.165) is 59.9 Å². The van der Waals surface area contributed by atoms with Crippen molar-refractivity contribution < 1.29 is 9.21 Å². The van der Waals surface area contributed by atoms with Gasteiger partial charge in [-0.3, -0.25) is 9.78 Å². The van der Waals surface area contributed by atoms with Crippen molar-refractivity contribution in [2.24, 2.45) is 0 Å². The molecule has 1 saturated heterocycles. The van der Waals surface area contributed by atoms with Crippen LogP contribution in [0, 0.1) is 20.8 Å². The number of benzene rings is 1. The Labute approximate surface area is 153 Å². The van der Waals surface area contributed by atoms with Crippen molar-refractivity contribution in [2.75, 3.05) is 31.1 Å². The summed E-state index contributed by atoms with van der Waals surface area (Å²) >= 11 is 0. The van der Waals surface area contributed by atoms with Crippen molar-refractivity contribution in [3.8, 4) is 0 Å². The third-order valence-corrected chi connectivity index (χ3v) is 4.88. The fourth-order valence-corrected chi connectivity index (χ4v) is 3.65. The van der Waals surface area contributed by atoms with Gasteiger partial charge in [-0.15, -0.1) is 0 Å². The second-order valence-corrected chi connectivity index (χ2v) is 7.00. The molecule has 0 atom stereocenters. The maximum Gasteiger partial charge on any atom is 0.254 e. The van der Waals surface area contributed by atoms with Gasteiger partial charge in [0.25, 0.3) is 5.91 Å². The lowest BCUT2D eigenvalue weighted by Crippen LogP contribution is -2.48. The van der Waals surface area contributed by atoms with Crippen LogP contribution in [-0.4, -0.2) is 42.0 Å². The zero-order valence-corrected chi connectivity index (χ0v) is 15.5. The van der Waals surface area contributed by atoms with Crippen LogP contribution < -0.4 is 4.90 Å². The summed E-state index contributed by atoms with van der Waals surface area (Å²) in [5.74, 6) is 0.952. The van der Waals surface area contributed by atoms with E-state index in [1.165, 1.54) is 5.69 Å². The summed E-state index contributed by atoms with van der Waals surface area (Å²) in [5, 5.41) is 0.981. The van der Waals surface area contributed by atoms with E-state index in [4.69, 9.17) is 4.42 Å². The molecule has 1 amide bonds. The number of carbonyl (C=O) groups excluding carboxylic acids is 1. The molecule has 1 aliphatic rings. The highest BCUT2D eigenvalue weighted by Gasteiger charge is 2.23. The number of hydrogen-bond acceptors (Lipinski definition) is 4. The minimum absolute atomic E-state index is 0.0903. The molecule has 134 valence electrons. The van der Waals surface area contributed by atoms with Crippen LogP contribution in [0.5, 0.6) is 0 Å². The number of nitrogens with zero attached hydrogens (tertiary/aromatic N) is 3. The molecule has 0 radical (unpaired) electrons. The molecule has 2 aromatic heterocycles. The molecule has 5 nitrogen and oxygen atoms in total. The fourth-order valence-electron chi connectivity index (χ4n) is 3.65. The molecular formula is C21H23N3O2. The molecule has 0 N–H and O–H groups in total. The molecule has 1 fully saturated rings. The first-order chi connectivity index (χ1) is 12.5. The summed E-state index contributed by atoms with van der Waals surface area (Å²) in [5.41, 5.74) is 4.80. The zero-order chi connectivity index (χ0) is 18.3. The average Bonchev–Trinajstić information content (AvgIpc) is 2.99. The van der Waals surface area contributed by atoms with E-state index in [1.54, 1.807) is 0 Å². The van der Waals surface area contributed by atoms with Crippen LogP contribution in [0.2, 0.25) is 0 Å². The standard InChI is InChI=1S/C21H23N3O2/c1-14-10-19(11-15(2)22-14)23-6-8-24(9-7-23)21(25)17-4-5-20-18(13-17)12-16(3)26-20/h4-5,10-13H,6-9H2,1-3H3. The number of amides is 1. The lowest BCUT2D eigenvalue weighted by Gasteiger charge is -2.36. The highest BCUT2D eigenvalue weighted by Crippen LogP contribution is 2.22. The molecule has 1 aliphatic heterocycles. The number of aromatic nitrogens is 1. The SMILES string of the molecule is Cc1cc(N2CCN(C(=O)c3ccc4oc(C)cc4c3)CC2)cc(C)n1. The van der Waals surface area contributed by atoms with Crippen LogP contribution >= 0.6 is 0 Å². The van der Waals surface area contributed by atoms with Crippen LogP contribution in [0.4, 0.5) is 5.69 Å². The number of hydrogen-bond donors (Lipinski definition) is 0. The van der Waals surface area contributed by atoms with E-state index < -0.39 is 0 Å². The molecule has 4 rings (SSSR count). The Balaban J connectivity index is 1.47. The number of fused-ring (bicyclic) bond motifs is 1. The number of pyridine rings is 1. The first-order valence-corrected chi connectivity index (χ1v) is 8.99. The Hall–Kier alpha value is -2.82. The van der Waals surface area contributed by atoms with E-state index in [-0.39, 0.29) is 5.91 Å². The van der Waals surface area contributed by atoms with Crippen molar-refractivity contribution in [3.63, 3.8) is 0 Å². The molecule has 3 aromatic rings. The van der Waals surface area contributed by atoms with Crippen LogP contribution in [0.3, 0.4) is 0 Å². The molecule has 1 aromatic carbocycles. The number of aryl methyl sites for hydroxylation is 3. The second-order valence-electron chi connectivity index (χ2n) is 7.00. The topological polar surface area (TPSA) is 49.6 Å². The quantitative estimate of drug-likeness (QED) is 0.708. The molecule has 3 heterocycles. The lowest BCUT2D eigenvalue weighted by molar-refractivity contribution is 0.0747. The molecule has 0 aliphatic carbocycles. The Morgan fingerprint density at radius 2 is 1.65 bits per heavy atom. The second kappa shape index (κ2) is 6.48. The van der Waals surface area contributed by atoms with Crippen LogP contribution in [0.1, 0.15) is 27.5 Å². The first-order valence-electron chi connectivity index (χ1n) is 8.99. The maximum absolute atomic E-state index is 12.9. The van der Waals surface area contributed by atoms with Crippen LogP contribution in [0.15, 0.2) is 40.8 Å². The lowest BCUT2D eigenvalue weighted by atomic mass is 10.1. The summed E-state index contributed by atoms with van der Waals surface area (Å²) in [4.78, 5) is 21.6. The molecule has 0 unspecified atom stereocenters. The van der Waals surface area contributed by atoms with E-state index in [0.29, 0.717) is 0 Å². The van der Waals surface area contributed by atoms with Gasteiger partial charge in [-0.1, -0.05) is 0 Å². The Morgan fingerprint density at radius 1 is 0.962 bits per heavy atom. The summed E-state index contributed by atoms with van der Waals surface area (Å²) in [6.07, 6.45) is 0. The first kappa shape index (κ1) is 16.6. The average molecular weight is 349 g/mol. The van der Waals surface area contributed by atoms with E-state index in [1.807, 2.05) is 49.9 Å². The Kier molecular flexibility index (Phi) is 4.15. The maximum atomic E-state index is 12.9. The Bertz CT molecular complexity index is 948. The smallest absolute Gasteiger partial charge is 0.254 e. The van der Waals surface area contributed by atoms with Crippen molar-refractivity contribution in [3.05, 3.63) is 59.1 Å². The predicted octanol–water partition coefficient (Wildman–Crippen LogP) is 3.72. The number of piperazine rings is 1. The summed E-state index contributed by atoms with van der Waals surface area (Å²) < 4.78 is 5.59. The molecule has 0 bridgehead atoms. The van der Waals surface area contributed by atoms with Gasteiger partial charge >= 0.3 is 0 Å². The molecule has 0 spiro atoms. The van der Waals surface area contributed by atoms with E-state index in [2.05, 4.69) is 22.0 Å². The van der Waals surface area contributed by atoms with E-state index >= 15 is 0 Å². The number of rotatable bonds is 2. The molecule has 26 heavy (non-hydrogen) atoms. The van der Waals surface area contributed by atoms with Gasteiger partial charge in [0.2, 0.25) is 0 Å². The van der Waals surface area contributed by atoms with Crippen molar-refractivity contribution >= 4 is 22.6 Å². The van der Waals surface area contributed by atoms with Gasteiger partial charge in [0.05, 0.1) is 0 Å².